The molecule has 0 aliphatic heterocycles. The predicted octanol–water partition coefficient (Wildman–Crippen LogP) is 2.01. The summed E-state index contributed by atoms with van der Waals surface area (Å²) in [5.74, 6) is 0.643. The molecule has 2 N–H and O–H groups in total. The van der Waals surface area contributed by atoms with Crippen molar-refractivity contribution in [3.05, 3.63) is 41.6 Å². The van der Waals surface area contributed by atoms with Crippen LogP contribution < -0.4 is 5.32 Å². The second-order valence-electron chi connectivity index (χ2n) is 3.65. The van der Waals surface area contributed by atoms with Gasteiger partial charge in [-0.25, -0.2) is 0 Å². The number of fused-ring (bicyclic) bond motifs is 1. The largest absolute Gasteiger partial charge is 0.364 e. The first-order valence-electron chi connectivity index (χ1n) is 5.33. The molecule has 3 aromatic heterocycles. The van der Waals surface area contributed by atoms with Crippen LogP contribution in [0.15, 0.2) is 30.6 Å². The Labute approximate surface area is 107 Å². The third-order valence-electron chi connectivity index (χ3n) is 2.45. The molecule has 0 radical (unpaired) electrons. The number of H-pyrrole nitrogens is 1. The molecule has 0 atom stereocenters. The lowest BCUT2D eigenvalue weighted by Gasteiger charge is -2.05. The summed E-state index contributed by atoms with van der Waals surface area (Å²) in [4.78, 5) is 12.4. The molecule has 3 heterocycles. The van der Waals surface area contributed by atoms with Gasteiger partial charge in [0.15, 0.2) is 5.65 Å². The van der Waals surface area contributed by atoms with Crippen molar-refractivity contribution in [3.8, 4) is 0 Å². The van der Waals surface area contributed by atoms with Gasteiger partial charge in [-0.2, -0.15) is 15.1 Å². The summed E-state index contributed by atoms with van der Waals surface area (Å²) in [7, 11) is 0. The summed E-state index contributed by atoms with van der Waals surface area (Å²) in [6, 6.07) is 5.74. The highest BCUT2D eigenvalue weighted by Gasteiger charge is 2.08. The lowest BCUT2D eigenvalue weighted by molar-refractivity contribution is 1.03. The molecule has 90 valence electrons. The number of halogens is 1. The molecule has 0 bridgehead atoms. The first-order valence-corrected chi connectivity index (χ1v) is 5.71. The Bertz CT molecular complexity index is 666. The van der Waals surface area contributed by atoms with Crippen molar-refractivity contribution in [2.75, 3.05) is 5.32 Å². The molecule has 0 amide bonds. The lowest BCUT2D eigenvalue weighted by atomic mass is 10.3. The van der Waals surface area contributed by atoms with E-state index in [2.05, 4.69) is 30.5 Å². The van der Waals surface area contributed by atoms with Gasteiger partial charge in [-0.15, -0.1) is 0 Å². The van der Waals surface area contributed by atoms with Crippen LogP contribution >= 0.6 is 11.6 Å². The summed E-state index contributed by atoms with van der Waals surface area (Å²) < 4.78 is 0. The van der Waals surface area contributed by atoms with Crippen LogP contribution in [0.2, 0.25) is 5.28 Å². The highest BCUT2D eigenvalue weighted by molar-refractivity contribution is 6.28. The highest BCUT2D eigenvalue weighted by atomic mass is 35.5. The van der Waals surface area contributed by atoms with E-state index in [0.717, 1.165) is 11.1 Å². The molecule has 0 unspecified atom stereocenters. The molecule has 0 spiro atoms. The Hall–Kier alpha value is -2.21. The lowest BCUT2D eigenvalue weighted by Crippen LogP contribution is -2.04. The monoisotopic (exact) mass is 260 g/mol. The standard InChI is InChI=1S/C11H9ClN6/c12-11-16-9(8-6-15-18-10(8)17-11)14-5-7-3-1-2-4-13-7/h1-4,6H,5H2,(H2,14,15,16,17,18). The summed E-state index contributed by atoms with van der Waals surface area (Å²) in [6.07, 6.45) is 3.41. The average Bonchev–Trinajstić information content (AvgIpc) is 2.85. The molecule has 18 heavy (non-hydrogen) atoms. The second-order valence-corrected chi connectivity index (χ2v) is 3.99. The Morgan fingerprint density at radius 2 is 2.22 bits per heavy atom. The maximum Gasteiger partial charge on any atom is 0.226 e. The van der Waals surface area contributed by atoms with Gasteiger partial charge in [-0.3, -0.25) is 10.1 Å². The maximum atomic E-state index is 5.84. The number of pyridine rings is 1. The van der Waals surface area contributed by atoms with Gasteiger partial charge < -0.3 is 5.32 Å². The minimum absolute atomic E-state index is 0.176. The molecule has 0 fully saturated rings. The van der Waals surface area contributed by atoms with Gasteiger partial charge in [-0.05, 0) is 23.7 Å². The van der Waals surface area contributed by atoms with E-state index in [1.165, 1.54) is 0 Å². The van der Waals surface area contributed by atoms with Gasteiger partial charge in [0.2, 0.25) is 5.28 Å². The minimum Gasteiger partial charge on any atom is -0.364 e. The Morgan fingerprint density at radius 3 is 3.06 bits per heavy atom. The SMILES string of the molecule is Clc1nc(NCc2ccccn2)c2cn[nH]c2n1. The third kappa shape index (κ3) is 2.10. The average molecular weight is 261 g/mol. The van der Waals surface area contributed by atoms with Crippen molar-refractivity contribution < 1.29 is 0 Å². The predicted molar refractivity (Wildman–Crippen MR) is 68.3 cm³/mol. The van der Waals surface area contributed by atoms with E-state index in [0.29, 0.717) is 18.0 Å². The number of rotatable bonds is 3. The number of nitrogens with one attached hydrogen (secondary N) is 2. The Morgan fingerprint density at radius 1 is 1.28 bits per heavy atom. The number of aromatic amines is 1. The minimum atomic E-state index is 0.176. The molecule has 0 saturated carbocycles. The van der Waals surface area contributed by atoms with E-state index in [-0.39, 0.29) is 5.28 Å². The number of nitrogens with zero attached hydrogens (tertiary/aromatic N) is 4. The molecular formula is C11H9ClN6. The quantitative estimate of drug-likeness (QED) is 0.704. The van der Waals surface area contributed by atoms with Crippen LogP contribution in [0.1, 0.15) is 5.69 Å². The van der Waals surface area contributed by atoms with Crippen LogP contribution in [0.4, 0.5) is 5.82 Å². The second kappa shape index (κ2) is 4.58. The third-order valence-corrected chi connectivity index (χ3v) is 2.61. The van der Waals surface area contributed by atoms with Gasteiger partial charge in [0, 0.05) is 6.20 Å². The molecule has 0 aliphatic rings. The first-order chi connectivity index (χ1) is 8.83. The van der Waals surface area contributed by atoms with Gasteiger partial charge in [0.25, 0.3) is 0 Å². The number of hydrogen-bond donors (Lipinski definition) is 2. The molecule has 7 heteroatoms. The maximum absolute atomic E-state index is 5.84. The first kappa shape index (κ1) is 10.9. The zero-order valence-electron chi connectivity index (χ0n) is 9.26. The van der Waals surface area contributed by atoms with Crippen molar-refractivity contribution in [2.45, 2.75) is 6.54 Å². The summed E-state index contributed by atoms with van der Waals surface area (Å²) in [5.41, 5.74) is 1.53. The van der Waals surface area contributed by atoms with E-state index in [4.69, 9.17) is 11.6 Å². The Balaban J connectivity index is 1.88. The van der Waals surface area contributed by atoms with Crippen LogP contribution in [0.3, 0.4) is 0 Å². The zero-order chi connectivity index (χ0) is 12.4. The van der Waals surface area contributed by atoms with E-state index in [1.807, 2.05) is 18.2 Å². The summed E-state index contributed by atoms with van der Waals surface area (Å²) in [6.45, 7) is 0.564. The molecule has 6 nitrogen and oxygen atoms in total. The fourth-order valence-electron chi connectivity index (χ4n) is 1.62. The number of anilines is 1. The zero-order valence-corrected chi connectivity index (χ0v) is 10.0. The van der Waals surface area contributed by atoms with Gasteiger partial charge >= 0.3 is 0 Å². The highest BCUT2D eigenvalue weighted by Crippen LogP contribution is 2.20. The van der Waals surface area contributed by atoms with E-state index < -0.39 is 0 Å². The van der Waals surface area contributed by atoms with Crippen molar-refractivity contribution >= 4 is 28.5 Å². The molecule has 3 aromatic rings. The fourth-order valence-corrected chi connectivity index (χ4v) is 1.79. The Kier molecular flexibility index (Phi) is 2.77. The smallest absolute Gasteiger partial charge is 0.226 e. The van der Waals surface area contributed by atoms with Gasteiger partial charge in [0.05, 0.1) is 23.8 Å². The van der Waals surface area contributed by atoms with Crippen molar-refractivity contribution in [1.29, 1.82) is 0 Å². The molecule has 0 saturated heterocycles. The van der Waals surface area contributed by atoms with Crippen molar-refractivity contribution in [1.82, 2.24) is 25.1 Å². The van der Waals surface area contributed by atoms with Gasteiger partial charge in [0.1, 0.15) is 5.82 Å². The normalized spacial score (nSPS) is 10.7. The summed E-state index contributed by atoms with van der Waals surface area (Å²) >= 11 is 5.84. The fraction of sp³-hybridized carbons (Fsp3) is 0.0909. The molecule has 3 rings (SSSR count). The van der Waals surface area contributed by atoms with E-state index in [1.54, 1.807) is 12.4 Å². The molecule has 0 aromatic carbocycles. The van der Waals surface area contributed by atoms with Crippen molar-refractivity contribution in [3.63, 3.8) is 0 Å². The van der Waals surface area contributed by atoms with Crippen LogP contribution in [0.5, 0.6) is 0 Å². The topological polar surface area (TPSA) is 79.4 Å². The number of hydrogen-bond acceptors (Lipinski definition) is 5. The van der Waals surface area contributed by atoms with Crippen LogP contribution in [-0.2, 0) is 6.54 Å². The van der Waals surface area contributed by atoms with Crippen LogP contribution in [0, 0.1) is 0 Å². The molecule has 0 aliphatic carbocycles. The number of aromatic nitrogens is 5. The van der Waals surface area contributed by atoms with Crippen LogP contribution in [-0.4, -0.2) is 25.1 Å². The van der Waals surface area contributed by atoms with Gasteiger partial charge in [-0.1, -0.05) is 6.07 Å². The van der Waals surface area contributed by atoms with Crippen molar-refractivity contribution in [2.24, 2.45) is 0 Å². The van der Waals surface area contributed by atoms with E-state index in [9.17, 15) is 0 Å². The summed E-state index contributed by atoms with van der Waals surface area (Å²) in [5, 5.41) is 10.8. The van der Waals surface area contributed by atoms with Crippen LogP contribution in [0.25, 0.3) is 11.0 Å². The van der Waals surface area contributed by atoms with E-state index >= 15 is 0 Å². The molecular weight excluding hydrogens is 252 g/mol.